The second kappa shape index (κ2) is 7.00. The van der Waals surface area contributed by atoms with Crippen molar-refractivity contribution < 1.29 is 9.72 Å². The molecular weight excluding hydrogens is 318 g/mol. The third-order valence-corrected chi connectivity index (χ3v) is 3.97. The average molecular weight is 335 g/mol. The van der Waals surface area contributed by atoms with Crippen LogP contribution >= 0.6 is 0 Å². The van der Waals surface area contributed by atoms with Gasteiger partial charge in [0.25, 0.3) is 5.69 Å². The zero-order valence-electron chi connectivity index (χ0n) is 13.7. The predicted octanol–water partition coefficient (Wildman–Crippen LogP) is 4.11. The SMILES string of the molecule is Cc1c(NCC(=O)Nc2ccc3ccccc3c2)cccc1[N+](=O)[O-]. The second-order valence-electron chi connectivity index (χ2n) is 5.67. The van der Waals surface area contributed by atoms with E-state index < -0.39 is 4.92 Å². The van der Waals surface area contributed by atoms with Gasteiger partial charge >= 0.3 is 0 Å². The lowest BCUT2D eigenvalue weighted by molar-refractivity contribution is -0.385. The van der Waals surface area contributed by atoms with Gasteiger partial charge in [-0.05, 0) is 35.9 Å². The van der Waals surface area contributed by atoms with E-state index in [1.54, 1.807) is 19.1 Å². The van der Waals surface area contributed by atoms with Crippen LogP contribution in [-0.2, 0) is 4.79 Å². The number of anilines is 2. The number of carbonyl (C=O) groups is 1. The van der Waals surface area contributed by atoms with Crippen LogP contribution in [-0.4, -0.2) is 17.4 Å². The number of carbonyl (C=O) groups excluding carboxylic acids is 1. The summed E-state index contributed by atoms with van der Waals surface area (Å²) >= 11 is 0. The Kier molecular flexibility index (Phi) is 4.61. The van der Waals surface area contributed by atoms with Crippen LogP contribution in [0.2, 0.25) is 0 Å². The molecule has 0 spiro atoms. The molecule has 0 heterocycles. The number of nitrogens with one attached hydrogen (secondary N) is 2. The molecule has 3 aromatic carbocycles. The normalized spacial score (nSPS) is 10.4. The van der Waals surface area contributed by atoms with Gasteiger partial charge in [0.1, 0.15) is 0 Å². The summed E-state index contributed by atoms with van der Waals surface area (Å²) in [6.07, 6.45) is 0. The van der Waals surface area contributed by atoms with Gasteiger partial charge in [0.15, 0.2) is 0 Å². The van der Waals surface area contributed by atoms with E-state index in [-0.39, 0.29) is 18.1 Å². The average Bonchev–Trinajstić information content (AvgIpc) is 2.60. The van der Waals surface area contributed by atoms with Crippen LogP contribution in [0.1, 0.15) is 5.56 Å². The summed E-state index contributed by atoms with van der Waals surface area (Å²) in [5.74, 6) is -0.221. The highest BCUT2D eigenvalue weighted by molar-refractivity contribution is 5.96. The standard InChI is InChI=1S/C19H17N3O3/c1-13-17(7-4-8-18(13)22(24)25)20-12-19(23)21-16-10-9-14-5-2-3-6-15(14)11-16/h2-11,20H,12H2,1H3,(H,21,23). The highest BCUT2D eigenvalue weighted by atomic mass is 16.6. The lowest BCUT2D eigenvalue weighted by Gasteiger charge is -2.10. The van der Waals surface area contributed by atoms with Crippen LogP contribution in [0.25, 0.3) is 10.8 Å². The molecule has 0 fully saturated rings. The summed E-state index contributed by atoms with van der Waals surface area (Å²) < 4.78 is 0. The first-order valence-electron chi connectivity index (χ1n) is 7.81. The molecule has 0 aliphatic carbocycles. The molecule has 6 nitrogen and oxygen atoms in total. The van der Waals surface area contributed by atoms with Gasteiger partial charge in [0, 0.05) is 23.0 Å². The summed E-state index contributed by atoms with van der Waals surface area (Å²) in [5, 5.41) is 18.9. The van der Waals surface area contributed by atoms with Gasteiger partial charge < -0.3 is 10.6 Å². The molecule has 3 aromatic rings. The minimum atomic E-state index is -0.435. The Labute approximate surface area is 144 Å². The first kappa shape index (κ1) is 16.4. The third kappa shape index (κ3) is 3.74. The molecule has 25 heavy (non-hydrogen) atoms. The number of nitro groups is 1. The molecule has 0 aromatic heterocycles. The quantitative estimate of drug-likeness (QED) is 0.543. The molecule has 0 saturated heterocycles. The molecule has 126 valence electrons. The Bertz CT molecular complexity index is 954. The minimum absolute atomic E-state index is 0.0227. The van der Waals surface area contributed by atoms with Crippen LogP contribution in [0, 0.1) is 17.0 Å². The fourth-order valence-corrected chi connectivity index (χ4v) is 2.66. The predicted molar refractivity (Wildman–Crippen MR) is 98.9 cm³/mol. The van der Waals surface area contributed by atoms with Crippen molar-refractivity contribution >= 4 is 33.7 Å². The first-order chi connectivity index (χ1) is 12.0. The number of nitro benzene ring substituents is 1. The topological polar surface area (TPSA) is 84.3 Å². The summed E-state index contributed by atoms with van der Waals surface area (Å²) in [6.45, 7) is 1.68. The van der Waals surface area contributed by atoms with E-state index in [4.69, 9.17) is 0 Å². The summed E-state index contributed by atoms with van der Waals surface area (Å²) in [6, 6.07) is 18.3. The Morgan fingerprint density at radius 1 is 1.04 bits per heavy atom. The molecule has 0 aliphatic heterocycles. The van der Waals surface area contributed by atoms with Crippen molar-refractivity contribution in [1.29, 1.82) is 0 Å². The number of nitrogens with zero attached hydrogens (tertiary/aromatic N) is 1. The number of hydrogen-bond acceptors (Lipinski definition) is 4. The van der Waals surface area contributed by atoms with Crippen LogP contribution < -0.4 is 10.6 Å². The Morgan fingerprint density at radius 3 is 2.56 bits per heavy atom. The summed E-state index contributed by atoms with van der Waals surface area (Å²) in [4.78, 5) is 22.7. The lowest BCUT2D eigenvalue weighted by Crippen LogP contribution is -2.22. The minimum Gasteiger partial charge on any atom is -0.376 e. The van der Waals surface area contributed by atoms with Gasteiger partial charge in [0.2, 0.25) is 5.91 Å². The molecule has 2 N–H and O–H groups in total. The molecule has 3 rings (SSSR count). The number of fused-ring (bicyclic) bond motifs is 1. The fraction of sp³-hybridized carbons (Fsp3) is 0.105. The van der Waals surface area contributed by atoms with Crippen molar-refractivity contribution in [1.82, 2.24) is 0 Å². The van der Waals surface area contributed by atoms with Crippen molar-refractivity contribution in [3.63, 3.8) is 0 Å². The number of rotatable bonds is 5. The zero-order chi connectivity index (χ0) is 17.8. The fourth-order valence-electron chi connectivity index (χ4n) is 2.66. The Hall–Kier alpha value is -3.41. The smallest absolute Gasteiger partial charge is 0.274 e. The van der Waals surface area contributed by atoms with Crippen molar-refractivity contribution in [2.24, 2.45) is 0 Å². The second-order valence-corrected chi connectivity index (χ2v) is 5.67. The Balaban J connectivity index is 1.66. The number of benzene rings is 3. The molecular formula is C19H17N3O3. The van der Waals surface area contributed by atoms with Crippen molar-refractivity contribution in [3.8, 4) is 0 Å². The van der Waals surface area contributed by atoms with E-state index in [0.29, 0.717) is 16.9 Å². The molecule has 0 unspecified atom stereocenters. The lowest BCUT2D eigenvalue weighted by atomic mass is 10.1. The van der Waals surface area contributed by atoms with E-state index in [1.807, 2.05) is 42.5 Å². The number of hydrogen-bond donors (Lipinski definition) is 2. The van der Waals surface area contributed by atoms with E-state index in [2.05, 4.69) is 10.6 Å². The highest BCUT2D eigenvalue weighted by Gasteiger charge is 2.13. The maximum Gasteiger partial charge on any atom is 0.274 e. The zero-order valence-corrected chi connectivity index (χ0v) is 13.7. The third-order valence-electron chi connectivity index (χ3n) is 3.97. The molecule has 6 heteroatoms. The highest BCUT2D eigenvalue weighted by Crippen LogP contribution is 2.25. The van der Waals surface area contributed by atoms with Gasteiger partial charge in [-0.15, -0.1) is 0 Å². The van der Waals surface area contributed by atoms with E-state index in [9.17, 15) is 14.9 Å². The van der Waals surface area contributed by atoms with Crippen LogP contribution in [0.15, 0.2) is 60.7 Å². The molecule has 0 saturated carbocycles. The van der Waals surface area contributed by atoms with Crippen LogP contribution in [0.4, 0.5) is 17.1 Å². The van der Waals surface area contributed by atoms with Gasteiger partial charge in [-0.2, -0.15) is 0 Å². The largest absolute Gasteiger partial charge is 0.376 e. The van der Waals surface area contributed by atoms with E-state index in [1.165, 1.54) is 6.07 Å². The van der Waals surface area contributed by atoms with Crippen molar-refractivity contribution in [2.75, 3.05) is 17.2 Å². The first-order valence-corrected chi connectivity index (χ1v) is 7.81. The summed E-state index contributed by atoms with van der Waals surface area (Å²) in [7, 11) is 0. The van der Waals surface area contributed by atoms with E-state index >= 15 is 0 Å². The summed E-state index contributed by atoms with van der Waals surface area (Å²) in [5.41, 5.74) is 1.81. The maximum atomic E-state index is 12.1. The van der Waals surface area contributed by atoms with Crippen molar-refractivity contribution in [3.05, 3.63) is 76.3 Å². The van der Waals surface area contributed by atoms with Crippen LogP contribution in [0.5, 0.6) is 0 Å². The molecule has 0 atom stereocenters. The van der Waals surface area contributed by atoms with Gasteiger partial charge in [0.05, 0.1) is 11.5 Å². The van der Waals surface area contributed by atoms with Gasteiger partial charge in [-0.25, -0.2) is 0 Å². The van der Waals surface area contributed by atoms with Crippen LogP contribution in [0.3, 0.4) is 0 Å². The Morgan fingerprint density at radius 2 is 1.80 bits per heavy atom. The molecule has 0 bridgehead atoms. The maximum absolute atomic E-state index is 12.1. The molecule has 0 aliphatic rings. The van der Waals surface area contributed by atoms with E-state index in [0.717, 1.165) is 10.8 Å². The number of amides is 1. The monoisotopic (exact) mass is 335 g/mol. The van der Waals surface area contributed by atoms with Gasteiger partial charge in [-0.3, -0.25) is 14.9 Å². The molecule has 1 amide bonds. The van der Waals surface area contributed by atoms with Gasteiger partial charge in [-0.1, -0.05) is 36.4 Å². The molecule has 0 radical (unpaired) electrons. The van der Waals surface area contributed by atoms with Crippen molar-refractivity contribution in [2.45, 2.75) is 6.92 Å².